The van der Waals surface area contributed by atoms with Crippen molar-refractivity contribution in [3.63, 3.8) is 0 Å². The van der Waals surface area contributed by atoms with Gasteiger partial charge in [-0.25, -0.2) is 10.8 Å². The van der Waals surface area contributed by atoms with Crippen molar-refractivity contribution in [2.24, 2.45) is 5.84 Å². The minimum absolute atomic E-state index is 0.450. The summed E-state index contributed by atoms with van der Waals surface area (Å²) in [5.41, 5.74) is 4.92. The lowest BCUT2D eigenvalue weighted by atomic mass is 10.2. The van der Waals surface area contributed by atoms with Gasteiger partial charge in [-0.15, -0.1) is 0 Å². The highest BCUT2D eigenvalue weighted by atomic mass is 15.3. The van der Waals surface area contributed by atoms with Gasteiger partial charge < -0.3 is 5.43 Å². The zero-order valence-electron chi connectivity index (χ0n) is 12.1. The molecule has 0 aliphatic heterocycles. The molecule has 0 spiro atoms. The number of hydrazine groups is 1. The Morgan fingerprint density at radius 1 is 1.05 bits per heavy atom. The van der Waals surface area contributed by atoms with Gasteiger partial charge in [0.05, 0.1) is 5.69 Å². The summed E-state index contributed by atoms with van der Waals surface area (Å²) in [5.74, 6) is 6.11. The fraction of sp³-hybridized carbons (Fsp3) is 0.312. The van der Waals surface area contributed by atoms with Crippen LogP contribution in [0.2, 0.25) is 0 Å². The first-order valence-corrected chi connectivity index (χ1v) is 6.89. The lowest BCUT2D eigenvalue weighted by Crippen LogP contribution is -2.30. The van der Waals surface area contributed by atoms with Gasteiger partial charge in [0.15, 0.2) is 0 Å². The van der Waals surface area contributed by atoms with E-state index in [0.29, 0.717) is 11.9 Å². The molecule has 2 aromatic rings. The summed E-state index contributed by atoms with van der Waals surface area (Å²) >= 11 is 0. The summed E-state index contributed by atoms with van der Waals surface area (Å²) in [6, 6.07) is 16.8. The normalized spacial score (nSPS) is 11.1. The lowest BCUT2D eigenvalue weighted by Gasteiger charge is -2.26. The predicted molar refractivity (Wildman–Crippen MR) is 82.9 cm³/mol. The van der Waals surface area contributed by atoms with Crippen LogP contribution in [0.4, 0.5) is 5.82 Å². The van der Waals surface area contributed by atoms with Crippen molar-refractivity contribution >= 4 is 5.82 Å². The lowest BCUT2D eigenvalue weighted by molar-refractivity contribution is 0.201. The number of hydrogen-bond donors (Lipinski definition) is 2. The van der Waals surface area contributed by atoms with Crippen molar-refractivity contribution < 1.29 is 0 Å². The Labute approximate surface area is 120 Å². The zero-order valence-corrected chi connectivity index (χ0v) is 12.1. The van der Waals surface area contributed by atoms with Crippen molar-refractivity contribution in [3.8, 4) is 0 Å². The molecule has 0 bridgehead atoms. The molecule has 0 saturated carbocycles. The van der Waals surface area contributed by atoms with E-state index in [0.717, 1.165) is 18.8 Å². The smallest absolute Gasteiger partial charge is 0.140 e. The highest BCUT2D eigenvalue weighted by Crippen LogP contribution is 2.13. The van der Waals surface area contributed by atoms with Gasteiger partial charge in [0, 0.05) is 19.1 Å². The minimum Gasteiger partial charge on any atom is -0.308 e. The van der Waals surface area contributed by atoms with Crippen molar-refractivity contribution in [3.05, 3.63) is 59.8 Å². The van der Waals surface area contributed by atoms with Crippen LogP contribution < -0.4 is 11.3 Å². The molecular weight excluding hydrogens is 248 g/mol. The number of aromatic nitrogens is 1. The Kier molecular flexibility index (Phi) is 5.09. The third kappa shape index (κ3) is 4.05. The molecule has 4 nitrogen and oxygen atoms in total. The van der Waals surface area contributed by atoms with E-state index in [4.69, 9.17) is 5.84 Å². The molecule has 1 aromatic heterocycles. The van der Waals surface area contributed by atoms with E-state index in [1.807, 2.05) is 24.3 Å². The van der Waals surface area contributed by atoms with Gasteiger partial charge in [-0.3, -0.25) is 4.90 Å². The fourth-order valence-corrected chi connectivity index (χ4v) is 2.10. The zero-order chi connectivity index (χ0) is 14.4. The second kappa shape index (κ2) is 7.03. The van der Waals surface area contributed by atoms with Gasteiger partial charge in [-0.05, 0) is 31.5 Å². The van der Waals surface area contributed by atoms with Crippen LogP contribution in [0.1, 0.15) is 25.1 Å². The minimum atomic E-state index is 0.450. The Hall–Kier alpha value is -1.91. The Balaban J connectivity index is 2.09. The first kappa shape index (κ1) is 14.5. The molecule has 4 heteroatoms. The van der Waals surface area contributed by atoms with Gasteiger partial charge in [-0.2, -0.15) is 0 Å². The average Bonchev–Trinajstić information content (AvgIpc) is 2.48. The number of nitrogens with two attached hydrogens (primary N) is 1. The van der Waals surface area contributed by atoms with Crippen LogP contribution in [-0.2, 0) is 13.1 Å². The molecule has 0 amide bonds. The van der Waals surface area contributed by atoms with Crippen LogP contribution in [0.5, 0.6) is 0 Å². The van der Waals surface area contributed by atoms with Crippen molar-refractivity contribution in [2.75, 3.05) is 5.43 Å². The predicted octanol–water partition coefficient (Wildman–Crippen LogP) is 2.78. The largest absolute Gasteiger partial charge is 0.308 e. The Morgan fingerprint density at radius 2 is 1.80 bits per heavy atom. The number of hydrogen-bond acceptors (Lipinski definition) is 4. The molecule has 0 radical (unpaired) electrons. The summed E-state index contributed by atoms with van der Waals surface area (Å²) in [5, 5.41) is 0. The van der Waals surface area contributed by atoms with Crippen molar-refractivity contribution in [2.45, 2.75) is 33.0 Å². The number of nitrogen functional groups attached to an aromatic ring is 1. The molecule has 0 aliphatic carbocycles. The molecule has 0 fully saturated rings. The Morgan fingerprint density at radius 3 is 2.45 bits per heavy atom. The SMILES string of the molecule is CC(C)N(Cc1ccccc1)Cc1cccc(NN)n1. The summed E-state index contributed by atoms with van der Waals surface area (Å²) < 4.78 is 0. The number of nitrogens with one attached hydrogen (secondary N) is 1. The molecule has 0 unspecified atom stereocenters. The first-order chi connectivity index (χ1) is 9.69. The molecule has 0 aliphatic rings. The van der Waals surface area contributed by atoms with Gasteiger partial charge in [0.1, 0.15) is 5.82 Å². The van der Waals surface area contributed by atoms with Gasteiger partial charge in [0.25, 0.3) is 0 Å². The van der Waals surface area contributed by atoms with Crippen LogP contribution in [0.15, 0.2) is 48.5 Å². The van der Waals surface area contributed by atoms with Gasteiger partial charge in [-0.1, -0.05) is 36.4 Å². The first-order valence-electron chi connectivity index (χ1n) is 6.89. The number of nitrogens with zero attached hydrogens (tertiary/aromatic N) is 2. The molecule has 1 aromatic carbocycles. The third-order valence-corrected chi connectivity index (χ3v) is 3.28. The summed E-state index contributed by atoms with van der Waals surface area (Å²) in [6.07, 6.45) is 0. The topological polar surface area (TPSA) is 54.2 Å². The molecule has 1 heterocycles. The number of benzene rings is 1. The molecule has 3 N–H and O–H groups in total. The highest BCUT2D eigenvalue weighted by Gasteiger charge is 2.11. The maximum Gasteiger partial charge on any atom is 0.140 e. The maximum absolute atomic E-state index is 5.41. The van der Waals surface area contributed by atoms with Crippen molar-refractivity contribution in [1.82, 2.24) is 9.88 Å². The molecular formula is C16H22N4. The van der Waals surface area contributed by atoms with Crippen molar-refractivity contribution in [1.29, 1.82) is 0 Å². The molecule has 0 saturated heterocycles. The van der Waals surface area contributed by atoms with E-state index in [9.17, 15) is 0 Å². The van der Waals surface area contributed by atoms with Crippen LogP contribution in [0.3, 0.4) is 0 Å². The van der Waals surface area contributed by atoms with Crippen LogP contribution in [0.25, 0.3) is 0 Å². The number of anilines is 1. The van der Waals surface area contributed by atoms with Gasteiger partial charge in [0.2, 0.25) is 0 Å². The fourth-order valence-electron chi connectivity index (χ4n) is 2.10. The van der Waals surface area contributed by atoms with E-state index >= 15 is 0 Å². The third-order valence-electron chi connectivity index (χ3n) is 3.28. The second-order valence-electron chi connectivity index (χ2n) is 5.14. The monoisotopic (exact) mass is 270 g/mol. The highest BCUT2D eigenvalue weighted by molar-refractivity contribution is 5.33. The van der Waals surface area contributed by atoms with Crippen LogP contribution in [-0.4, -0.2) is 15.9 Å². The number of rotatable bonds is 6. The second-order valence-corrected chi connectivity index (χ2v) is 5.14. The van der Waals surface area contributed by atoms with Gasteiger partial charge >= 0.3 is 0 Å². The number of pyridine rings is 1. The van der Waals surface area contributed by atoms with Crippen LogP contribution in [0, 0.1) is 0 Å². The van der Waals surface area contributed by atoms with E-state index in [1.165, 1.54) is 5.56 Å². The summed E-state index contributed by atoms with van der Waals surface area (Å²) in [4.78, 5) is 6.86. The average molecular weight is 270 g/mol. The molecule has 20 heavy (non-hydrogen) atoms. The molecule has 0 atom stereocenters. The van der Waals surface area contributed by atoms with E-state index < -0.39 is 0 Å². The maximum atomic E-state index is 5.41. The summed E-state index contributed by atoms with van der Waals surface area (Å²) in [6.45, 7) is 6.13. The standard InChI is InChI=1S/C16H22N4/c1-13(2)20(11-14-7-4-3-5-8-14)12-15-9-6-10-16(18-15)19-17/h3-10,13H,11-12,17H2,1-2H3,(H,18,19). The van der Waals surface area contributed by atoms with Crippen LogP contribution >= 0.6 is 0 Å². The van der Waals surface area contributed by atoms with E-state index in [1.54, 1.807) is 0 Å². The quantitative estimate of drug-likeness (QED) is 0.626. The summed E-state index contributed by atoms with van der Waals surface area (Å²) in [7, 11) is 0. The van der Waals surface area contributed by atoms with E-state index in [2.05, 4.69) is 53.4 Å². The Bertz CT molecular complexity index is 525. The molecule has 106 valence electrons. The van der Waals surface area contributed by atoms with E-state index in [-0.39, 0.29) is 0 Å². The molecule has 2 rings (SSSR count).